The first kappa shape index (κ1) is 26.8. The summed E-state index contributed by atoms with van der Waals surface area (Å²) in [5, 5.41) is -0.923. The maximum absolute atomic E-state index is 12.8. The first-order valence-corrected chi connectivity index (χ1v) is 17.1. The molecule has 1 aliphatic rings. The van der Waals surface area contributed by atoms with Gasteiger partial charge in [0.15, 0.2) is 9.84 Å². The minimum absolute atomic E-state index is 0.0658. The van der Waals surface area contributed by atoms with E-state index in [0.29, 0.717) is 16.1 Å². The molecule has 36 heavy (non-hydrogen) atoms. The second-order valence-electron chi connectivity index (χ2n) is 8.16. The van der Waals surface area contributed by atoms with E-state index in [9.17, 15) is 33.7 Å². The Labute approximate surface area is 215 Å². The Morgan fingerprint density at radius 3 is 1.58 bits per heavy atom. The summed E-state index contributed by atoms with van der Waals surface area (Å²) in [5.74, 6) is -0.937. The lowest BCUT2D eigenvalue weighted by atomic mass is 10.1. The number of hydrogen-bond donors (Lipinski definition) is 1. The van der Waals surface area contributed by atoms with Crippen LogP contribution in [0.25, 0.3) is 11.1 Å². The predicted molar refractivity (Wildman–Crippen MR) is 135 cm³/mol. The van der Waals surface area contributed by atoms with Crippen LogP contribution in [0.15, 0.2) is 87.5 Å². The van der Waals surface area contributed by atoms with E-state index >= 15 is 0 Å². The molecule has 0 bridgehead atoms. The molecular formula is C22H20ClNO8S4. The van der Waals surface area contributed by atoms with Crippen molar-refractivity contribution in [3.05, 3.63) is 77.8 Å². The maximum atomic E-state index is 12.8. The summed E-state index contributed by atoms with van der Waals surface area (Å²) in [4.78, 5) is -0.166. The van der Waals surface area contributed by atoms with Crippen molar-refractivity contribution in [1.82, 2.24) is 4.13 Å². The average molecular weight is 590 g/mol. The van der Waals surface area contributed by atoms with Crippen LogP contribution in [0.5, 0.6) is 0 Å². The van der Waals surface area contributed by atoms with Gasteiger partial charge in [-0.25, -0.2) is 33.7 Å². The third-order valence-corrected chi connectivity index (χ3v) is 13.6. The fraction of sp³-hybridized carbons (Fsp3) is 0.182. The third-order valence-electron chi connectivity index (χ3n) is 5.64. The van der Waals surface area contributed by atoms with Crippen LogP contribution in [-0.2, 0) is 39.7 Å². The van der Waals surface area contributed by atoms with Crippen LogP contribution in [0.3, 0.4) is 0 Å². The Morgan fingerprint density at radius 2 is 1.14 bits per heavy atom. The molecule has 1 saturated heterocycles. The summed E-state index contributed by atoms with van der Waals surface area (Å²) in [7, 11) is -16.2. The van der Waals surface area contributed by atoms with Gasteiger partial charge < -0.3 is 0 Å². The van der Waals surface area contributed by atoms with Gasteiger partial charge in [0, 0.05) is 5.02 Å². The number of sulfonamides is 2. The van der Waals surface area contributed by atoms with Crippen LogP contribution >= 0.6 is 11.6 Å². The average Bonchev–Trinajstić information content (AvgIpc) is 3.19. The van der Waals surface area contributed by atoms with E-state index in [1.807, 2.05) is 0 Å². The van der Waals surface area contributed by atoms with Crippen molar-refractivity contribution >= 4 is 51.3 Å². The van der Waals surface area contributed by atoms with Crippen molar-refractivity contribution in [2.45, 2.75) is 26.4 Å². The second-order valence-corrected chi connectivity index (χ2v) is 16.7. The molecule has 1 N–H and O–H groups in total. The van der Waals surface area contributed by atoms with E-state index in [0.717, 1.165) is 0 Å². The van der Waals surface area contributed by atoms with Crippen LogP contribution in [0.2, 0.25) is 5.02 Å². The van der Waals surface area contributed by atoms with Gasteiger partial charge in [-0.1, -0.05) is 35.9 Å². The van der Waals surface area contributed by atoms with Crippen molar-refractivity contribution in [2.24, 2.45) is 0 Å². The van der Waals surface area contributed by atoms with Gasteiger partial charge in [0.1, 0.15) is 0 Å². The molecule has 1 aliphatic heterocycles. The van der Waals surface area contributed by atoms with E-state index in [4.69, 9.17) is 11.6 Å². The lowest BCUT2D eigenvalue weighted by Crippen LogP contribution is -2.38. The number of nitrogens with one attached hydrogen (secondary N) is 1. The lowest BCUT2D eigenvalue weighted by molar-refractivity contribution is 0.568. The minimum atomic E-state index is -4.47. The molecule has 0 aliphatic carbocycles. The predicted octanol–water partition coefficient (Wildman–Crippen LogP) is 2.64. The molecule has 0 spiro atoms. The van der Waals surface area contributed by atoms with Gasteiger partial charge in [-0.3, -0.25) is 0 Å². The first-order valence-electron chi connectivity index (χ1n) is 10.4. The van der Waals surface area contributed by atoms with Gasteiger partial charge in [0.2, 0.25) is 19.9 Å². The molecule has 0 aromatic heterocycles. The maximum Gasteiger partial charge on any atom is 0.253 e. The van der Waals surface area contributed by atoms with Gasteiger partial charge in [-0.2, -0.15) is 0 Å². The van der Waals surface area contributed by atoms with Crippen LogP contribution in [-0.4, -0.2) is 50.4 Å². The zero-order valence-corrected chi connectivity index (χ0v) is 22.4. The van der Waals surface area contributed by atoms with Gasteiger partial charge in [-0.15, -0.1) is 4.13 Å². The van der Waals surface area contributed by atoms with Gasteiger partial charge in [0.05, 0.1) is 31.4 Å². The summed E-state index contributed by atoms with van der Waals surface area (Å²) in [5.41, 5.74) is 1.17. The van der Waals surface area contributed by atoms with Crippen molar-refractivity contribution < 1.29 is 33.7 Å². The summed E-state index contributed by atoms with van der Waals surface area (Å²) in [6, 6.07) is 17.1. The molecule has 3 aromatic carbocycles. The Kier molecular flexibility index (Phi) is 7.09. The molecule has 192 valence electrons. The number of sulfone groups is 2. The smallest absolute Gasteiger partial charge is 0.229 e. The Hall–Kier alpha value is -2.29. The summed E-state index contributed by atoms with van der Waals surface area (Å²) < 4.78 is 100. The normalized spacial score (nSPS) is 18.2. The lowest BCUT2D eigenvalue weighted by Gasteiger charge is -2.12. The van der Waals surface area contributed by atoms with E-state index in [2.05, 4.69) is 0 Å². The van der Waals surface area contributed by atoms with Gasteiger partial charge >= 0.3 is 0 Å². The molecule has 1 atom stereocenters. The quantitative estimate of drug-likeness (QED) is 0.442. The molecule has 1 heterocycles. The Balaban J connectivity index is 1.52. The zero-order chi connectivity index (χ0) is 26.4. The monoisotopic (exact) mass is 589 g/mol. The number of halogens is 1. The molecule has 1 unspecified atom stereocenters. The van der Waals surface area contributed by atoms with Gasteiger partial charge in [-0.05, 0) is 66.1 Å². The van der Waals surface area contributed by atoms with Crippen molar-refractivity contribution in [3.63, 3.8) is 0 Å². The van der Waals surface area contributed by atoms with E-state index < -0.39 is 50.7 Å². The third kappa shape index (κ3) is 5.66. The van der Waals surface area contributed by atoms with E-state index in [1.54, 1.807) is 16.3 Å². The Bertz CT molecular complexity index is 1720. The highest BCUT2D eigenvalue weighted by Crippen LogP contribution is 2.27. The molecule has 3 aromatic rings. The molecule has 4 rings (SSSR count). The van der Waals surface area contributed by atoms with Crippen LogP contribution in [0.1, 0.15) is 6.42 Å². The summed E-state index contributed by atoms with van der Waals surface area (Å²) >= 11 is 5.82. The summed E-state index contributed by atoms with van der Waals surface area (Å²) in [6.45, 7) is 0. The topological polar surface area (TPSA) is 149 Å². The highest BCUT2D eigenvalue weighted by atomic mass is 35.5. The van der Waals surface area contributed by atoms with Crippen molar-refractivity contribution in [3.8, 4) is 11.1 Å². The number of rotatable bonds is 7. The molecule has 1 fully saturated rings. The number of hydrogen-bond acceptors (Lipinski definition) is 8. The molecule has 9 nitrogen and oxygen atoms in total. The minimum Gasteiger partial charge on any atom is -0.229 e. The molecule has 0 amide bonds. The SMILES string of the molecule is O=S1(=O)CCC(S(=O)(=O)NS(=O)(=O)c2ccc(-c3ccc(S(=O)(=O)c4ccc(Cl)cc4)cc3)cc2)C1. The molecule has 0 radical (unpaired) electrons. The summed E-state index contributed by atoms with van der Waals surface area (Å²) in [6.07, 6.45) is -0.171. The highest BCUT2D eigenvalue weighted by Gasteiger charge is 2.39. The highest BCUT2D eigenvalue weighted by molar-refractivity contribution is 8.05. The van der Waals surface area contributed by atoms with E-state index in [-0.39, 0.29) is 26.9 Å². The fourth-order valence-electron chi connectivity index (χ4n) is 3.68. The zero-order valence-electron chi connectivity index (χ0n) is 18.4. The largest absolute Gasteiger partial charge is 0.253 e. The van der Waals surface area contributed by atoms with Crippen molar-refractivity contribution in [2.75, 3.05) is 11.5 Å². The second kappa shape index (κ2) is 9.54. The van der Waals surface area contributed by atoms with Crippen LogP contribution in [0, 0.1) is 0 Å². The molecule has 0 saturated carbocycles. The van der Waals surface area contributed by atoms with Crippen LogP contribution in [0.4, 0.5) is 0 Å². The first-order chi connectivity index (χ1) is 16.7. The van der Waals surface area contributed by atoms with E-state index in [1.165, 1.54) is 60.7 Å². The van der Waals surface area contributed by atoms with Crippen LogP contribution < -0.4 is 4.13 Å². The molecular weight excluding hydrogens is 570 g/mol. The number of benzene rings is 3. The Morgan fingerprint density at radius 1 is 0.694 bits per heavy atom. The standard InChI is InChI=1S/C22H20ClNO8S4/c23-18-5-11-20(12-6-18)34(27,28)19-7-1-16(2-8-19)17-3-9-21(10-4-17)35(29,30)24-36(31,32)22-13-14-33(25,26)15-22/h1-12,22,24H,13-15H2. The molecule has 14 heteroatoms. The van der Waals surface area contributed by atoms with Gasteiger partial charge in [0.25, 0.3) is 10.0 Å². The van der Waals surface area contributed by atoms with Crippen molar-refractivity contribution in [1.29, 1.82) is 0 Å². The fourth-order valence-corrected chi connectivity index (χ4v) is 11.2.